The first-order chi connectivity index (χ1) is 12.6. The molecule has 0 spiro atoms. The fraction of sp³-hybridized carbons (Fsp3) is 0.227. The summed E-state index contributed by atoms with van der Waals surface area (Å²) in [5.41, 5.74) is 7.95. The summed E-state index contributed by atoms with van der Waals surface area (Å²) in [6.07, 6.45) is 2.15. The van der Waals surface area contributed by atoms with E-state index in [-0.39, 0.29) is 12.1 Å². The summed E-state index contributed by atoms with van der Waals surface area (Å²) in [4.78, 5) is 12.3. The smallest absolute Gasteiger partial charge is 0.319 e. The van der Waals surface area contributed by atoms with Gasteiger partial charge in [0.1, 0.15) is 0 Å². The van der Waals surface area contributed by atoms with Crippen molar-refractivity contribution >= 4 is 12.1 Å². The van der Waals surface area contributed by atoms with E-state index < -0.39 is 0 Å². The summed E-state index contributed by atoms with van der Waals surface area (Å²) < 4.78 is 0. The quantitative estimate of drug-likeness (QED) is 0.779. The fourth-order valence-electron chi connectivity index (χ4n) is 3.52. The Bertz CT molecular complexity index is 892. The molecule has 1 atom stereocenters. The van der Waals surface area contributed by atoms with Gasteiger partial charge < -0.3 is 16.0 Å². The highest BCUT2D eigenvalue weighted by molar-refractivity contribution is 5.82. The maximum Gasteiger partial charge on any atom is 0.319 e. The van der Waals surface area contributed by atoms with Gasteiger partial charge in [0.2, 0.25) is 0 Å². The monoisotopic (exact) mass is 345 g/mol. The minimum Gasteiger partial charge on any atom is -0.327 e. The molecule has 3 N–H and O–H groups in total. The van der Waals surface area contributed by atoms with Crippen LogP contribution in [0, 0.1) is 13.8 Å². The van der Waals surface area contributed by atoms with Crippen LogP contribution in [0.1, 0.15) is 28.3 Å². The molecule has 2 aliphatic heterocycles. The molecule has 2 amide bonds. The number of hydrogen-bond donors (Lipinski definition) is 3. The molecule has 132 valence electrons. The van der Waals surface area contributed by atoms with Gasteiger partial charge in [0.15, 0.2) is 0 Å². The molecule has 4 rings (SSSR count). The lowest BCUT2D eigenvalue weighted by atomic mass is 9.89. The number of urea groups is 1. The second-order valence-electron chi connectivity index (χ2n) is 7.03. The van der Waals surface area contributed by atoms with Gasteiger partial charge in [-0.25, -0.2) is 4.79 Å². The molecule has 0 fully saturated rings. The van der Waals surface area contributed by atoms with Crippen molar-refractivity contribution in [2.75, 3.05) is 13.1 Å². The minimum atomic E-state index is -0.147. The predicted molar refractivity (Wildman–Crippen MR) is 105 cm³/mol. The van der Waals surface area contributed by atoms with Crippen LogP contribution in [-0.2, 0) is 0 Å². The van der Waals surface area contributed by atoms with Crippen LogP contribution in [0.5, 0.6) is 0 Å². The van der Waals surface area contributed by atoms with E-state index >= 15 is 0 Å². The predicted octanol–water partition coefficient (Wildman–Crippen LogP) is 3.60. The third kappa shape index (κ3) is 3.28. The van der Waals surface area contributed by atoms with Crippen LogP contribution in [0.3, 0.4) is 0 Å². The van der Waals surface area contributed by atoms with Crippen LogP contribution >= 0.6 is 0 Å². The van der Waals surface area contributed by atoms with E-state index in [9.17, 15) is 4.79 Å². The standard InChI is InChI=1S/C22H23N3O/c1-14-3-7-16(8-4-14)11-18-12-23-13-19-20(24-22(26)25-21(18)19)17-9-5-15(2)6-10-17/h3-11,20,23H,12-13H2,1-2H3,(H2,24,25,26)/b18-11+. The Labute approximate surface area is 154 Å². The van der Waals surface area contributed by atoms with Crippen LogP contribution in [0.2, 0.25) is 0 Å². The van der Waals surface area contributed by atoms with Crippen molar-refractivity contribution in [3.63, 3.8) is 0 Å². The second kappa shape index (κ2) is 6.81. The van der Waals surface area contributed by atoms with Crippen LogP contribution in [0.4, 0.5) is 4.79 Å². The van der Waals surface area contributed by atoms with Crippen LogP contribution < -0.4 is 16.0 Å². The summed E-state index contributed by atoms with van der Waals surface area (Å²) in [5.74, 6) is 0. The summed E-state index contributed by atoms with van der Waals surface area (Å²) in [7, 11) is 0. The van der Waals surface area contributed by atoms with Gasteiger partial charge in [-0.15, -0.1) is 0 Å². The largest absolute Gasteiger partial charge is 0.327 e. The van der Waals surface area contributed by atoms with E-state index in [0.717, 1.165) is 35.5 Å². The highest BCUT2D eigenvalue weighted by atomic mass is 16.2. The van der Waals surface area contributed by atoms with Crippen molar-refractivity contribution in [1.29, 1.82) is 0 Å². The minimum absolute atomic E-state index is 0.103. The van der Waals surface area contributed by atoms with Crippen LogP contribution in [-0.4, -0.2) is 19.1 Å². The van der Waals surface area contributed by atoms with Crippen LogP contribution in [0.25, 0.3) is 6.08 Å². The van der Waals surface area contributed by atoms with Crippen LogP contribution in [0.15, 0.2) is 65.4 Å². The van der Waals surface area contributed by atoms with Gasteiger partial charge in [0, 0.05) is 18.8 Å². The Kier molecular flexibility index (Phi) is 4.35. The van der Waals surface area contributed by atoms with E-state index in [1.165, 1.54) is 16.7 Å². The molecule has 0 radical (unpaired) electrons. The van der Waals surface area contributed by atoms with Gasteiger partial charge in [-0.05, 0) is 42.2 Å². The highest BCUT2D eigenvalue weighted by Gasteiger charge is 2.31. The molecular formula is C22H23N3O. The first kappa shape index (κ1) is 16.6. The molecular weight excluding hydrogens is 322 g/mol. The lowest BCUT2D eigenvalue weighted by Gasteiger charge is -2.35. The maximum atomic E-state index is 12.3. The summed E-state index contributed by atoms with van der Waals surface area (Å²) in [5, 5.41) is 9.57. The third-order valence-electron chi connectivity index (χ3n) is 4.96. The molecule has 26 heavy (non-hydrogen) atoms. The van der Waals surface area contributed by atoms with Gasteiger partial charge in [0.25, 0.3) is 0 Å². The molecule has 0 aliphatic carbocycles. The number of amides is 2. The van der Waals surface area contributed by atoms with Crippen molar-refractivity contribution < 1.29 is 4.79 Å². The molecule has 2 aromatic rings. The van der Waals surface area contributed by atoms with Gasteiger partial charge >= 0.3 is 6.03 Å². The molecule has 2 heterocycles. The summed E-state index contributed by atoms with van der Waals surface area (Å²) in [6, 6.07) is 16.5. The lowest BCUT2D eigenvalue weighted by Crippen LogP contribution is -2.49. The SMILES string of the molecule is Cc1ccc(/C=C2\CNCC3=C2NC(=O)NC3c2ccc(C)cc2)cc1. The molecule has 2 aromatic carbocycles. The molecule has 2 aliphatic rings. The van der Waals surface area contributed by atoms with E-state index in [4.69, 9.17) is 0 Å². The number of benzene rings is 2. The first-order valence-electron chi connectivity index (χ1n) is 8.95. The Morgan fingerprint density at radius 2 is 1.58 bits per heavy atom. The third-order valence-corrected chi connectivity index (χ3v) is 4.96. The van der Waals surface area contributed by atoms with E-state index in [1.807, 2.05) is 0 Å². The first-order valence-corrected chi connectivity index (χ1v) is 8.95. The Hall–Kier alpha value is -2.85. The maximum absolute atomic E-state index is 12.3. The van der Waals surface area contributed by atoms with Crippen molar-refractivity contribution in [3.8, 4) is 0 Å². The molecule has 0 aromatic heterocycles. The highest BCUT2D eigenvalue weighted by Crippen LogP contribution is 2.31. The van der Waals surface area contributed by atoms with E-state index in [2.05, 4.69) is 84.4 Å². The van der Waals surface area contributed by atoms with Crippen molar-refractivity contribution in [2.24, 2.45) is 0 Å². The van der Waals surface area contributed by atoms with Crippen molar-refractivity contribution in [3.05, 3.63) is 87.6 Å². The van der Waals surface area contributed by atoms with E-state index in [0.29, 0.717) is 0 Å². The zero-order valence-corrected chi connectivity index (χ0v) is 15.1. The Morgan fingerprint density at radius 1 is 0.923 bits per heavy atom. The number of hydrogen-bond acceptors (Lipinski definition) is 2. The molecule has 4 nitrogen and oxygen atoms in total. The number of carbonyl (C=O) groups is 1. The molecule has 0 bridgehead atoms. The Balaban J connectivity index is 1.75. The number of rotatable bonds is 2. The molecule has 1 unspecified atom stereocenters. The number of carbonyl (C=O) groups excluding carboxylic acids is 1. The lowest BCUT2D eigenvalue weighted by molar-refractivity contribution is 0.238. The molecule has 0 saturated heterocycles. The average Bonchev–Trinajstić information content (AvgIpc) is 2.64. The zero-order chi connectivity index (χ0) is 18.1. The van der Waals surface area contributed by atoms with Crippen molar-refractivity contribution in [2.45, 2.75) is 19.9 Å². The van der Waals surface area contributed by atoms with E-state index in [1.54, 1.807) is 0 Å². The molecule has 0 saturated carbocycles. The van der Waals surface area contributed by atoms with Crippen molar-refractivity contribution in [1.82, 2.24) is 16.0 Å². The van der Waals surface area contributed by atoms with Gasteiger partial charge in [-0.1, -0.05) is 59.7 Å². The number of nitrogens with one attached hydrogen (secondary N) is 3. The summed E-state index contributed by atoms with van der Waals surface area (Å²) >= 11 is 0. The number of aryl methyl sites for hydroxylation is 2. The Morgan fingerprint density at radius 3 is 2.27 bits per heavy atom. The normalized spacial score (nSPS) is 21.2. The zero-order valence-electron chi connectivity index (χ0n) is 15.1. The summed E-state index contributed by atoms with van der Waals surface area (Å²) in [6.45, 7) is 5.65. The second-order valence-corrected chi connectivity index (χ2v) is 7.03. The molecule has 4 heteroatoms. The average molecular weight is 345 g/mol. The van der Waals surface area contributed by atoms with Gasteiger partial charge in [-0.2, -0.15) is 0 Å². The fourth-order valence-corrected chi connectivity index (χ4v) is 3.52. The van der Waals surface area contributed by atoms with Gasteiger partial charge in [0.05, 0.1) is 6.04 Å². The van der Waals surface area contributed by atoms with Gasteiger partial charge in [-0.3, -0.25) is 0 Å². The topological polar surface area (TPSA) is 53.2 Å².